The molecular formula is C22H17F3N8O. The van der Waals surface area contributed by atoms with E-state index in [9.17, 15) is 13.2 Å². The van der Waals surface area contributed by atoms with Crippen molar-refractivity contribution in [3.8, 4) is 11.6 Å². The number of anilines is 1. The van der Waals surface area contributed by atoms with Crippen LogP contribution < -0.4 is 4.90 Å². The average Bonchev–Trinajstić information content (AvgIpc) is 3.56. The van der Waals surface area contributed by atoms with Crippen LogP contribution in [0.2, 0.25) is 0 Å². The summed E-state index contributed by atoms with van der Waals surface area (Å²) in [7, 11) is 0. The van der Waals surface area contributed by atoms with Gasteiger partial charge >= 0.3 is 12.2 Å². The number of imidazole rings is 1. The van der Waals surface area contributed by atoms with Crippen molar-refractivity contribution >= 4 is 11.5 Å². The van der Waals surface area contributed by atoms with Crippen LogP contribution in [0.3, 0.4) is 0 Å². The van der Waals surface area contributed by atoms with Crippen LogP contribution >= 0.6 is 0 Å². The number of nitrogens with zero attached hydrogens (tertiary/aromatic N) is 7. The number of aryl methyl sites for hydroxylation is 1. The maximum Gasteiger partial charge on any atom is 0.433 e. The fourth-order valence-corrected chi connectivity index (χ4v) is 4.26. The van der Waals surface area contributed by atoms with Crippen LogP contribution in [0.1, 0.15) is 34.5 Å². The van der Waals surface area contributed by atoms with Crippen molar-refractivity contribution in [2.24, 2.45) is 0 Å². The van der Waals surface area contributed by atoms with Crippen LogP contribution in [0.15, 0.2) is 53.2 Å². The van der Waals surface area contributed by atoms with Gasteiger partial charge in [-0.05, 0) is 37.3 Å². The SMILES string of the molecule is Cc1cccc(-c2nnc(N3CCc4[nH]cnc4[C@@H]3c3cc4cccc(C(F)(F)F)n4n3)o2)n1. The van der Waals surface area contributed by atoms with Gasteiger partial charge in [-0.1, -0.05) is 17.2 Å². The number of halogens is 3. The first-order valence-electron chi connectivity index (χ1n) is 10.5. The normalized spacial score (nSPS) is 16.2. The summed E-state index contributed by atoms with van der Waals surface area (Å²) in [5.74, 6) is 0.250. The molecule has 5 aromatic rings. The topological polar surface area (TPSA) is 101 Å². The van der Waals surface area contributed by atoms with Crippen LogP contribution in [0, 0.1) is 6.92 Å². The molecule has 1 N–H and O–H groups in total. The number of nitrogens with one attached hydrogen (secondary N) is 1. The van der Waals surface area contributed by atoms with E-state index in [1.165, 1.54) is 6.07 Å². The molecule has 1 aliphatic heterocycles. The molecular weight excluding hydrogens is 449 g/mol. The Morgan fingerprint density at radius 2 is 1.97 bits per heavy atom. The average molecular weight is 466 g/mol. The zero-order chi connectivity index (χ0) is 23.4. The van der Waals surface area contributed by atoms with Gasteiger partial charge in [-0.25, -0.2) is 14.5 Å². The maximum absolute atomic E-state index is 13.6. The zero-order valence-corrected chi connectivity index (χ0v) is 17.8. The lowest BCUT2D eigenvalue weighted by Gasteiger charge is -2.32. The molecule has 9 nitrogen and oxygen atoms in total. The van der Waals surface area contributed by atoms with Crippen molar-refractivity contribution in [2.45, 2.75) is 25.6 Å². The molecule has 0 unspecified atom stereocenters. The maximum atomic E-state index is 13.6. The number of hydrogen-bond acceptors (Lipinski definition) is 7. The number of rotatable bonds is 3. The summed E-state index contributed by atoms with van der Waals surface area (Å²) in [6.45, 7) is 2.34. The van der Waals surface area contributed by atoms with Gasteiger partial charge in [0, 0.05) is 24.4 Å². The van der Waals surface area contributed by atoms with Gasteiger partial charge in [0.15, 0.2) is 0 Å². The molecule has 0 bridgehead atoms. The summed E-state index contributed by atoms with van der Waals surface area (Å²) in [6, 6.07) is 10.6. The molecule has 0 spiro atoms. The van der Waals surface area contributed by atoms with Gasteiger partial charge in [0.1, 0.15) is 17.4 Å². The molecule has 1 atom stereocenters. The van der Waals surface area contributed by atoms with Crippen molar-refractivity contribution < 1.29 is 17.6 Å². The zero-order valence-electron chi connectivity index (χ0n) is 17.8. The van der Waals surface area contributed by atoms with Crippen LogP contribution in [0.25, 0.3) is 17.1 Å². The van der Waals surface area contributed by atoms with E-state index in [4.69, 9.17) is 4.42 Å². The molecule has 0 fully saturated rings. The van der Waals surface area contributed by atoms with Crippen LogP contribution in [-0.2, 0) is 12.6 Å². The molecule has 0 saturated heterocycles. The quantitative estimate of drug-likeness (QED) is 0.429. The predicted octanol–water partition coefficient (Wildman–Crippen LogP) is 3.98. The van der Waals surface area contributed by atoms with E-state index in [0.717, 1.165) is 22.0 Å². The highest BCUT2D eigenvalue weighted by Gasteiger charge is 2.38. The second-order valence-corrected chi connectivity index (χ2v) is 7.98. The highest BCUT2D eigenvalue weighted by atomic mass is 19.4. The second-order valence-electron chi connectivity index (χ2n) is 7.98. The van der Waals surface area contributed by atoms with Gasteiger partial charge in [0.25, 0.3) is 5.89 Å². The summed E-state index contributed by atoms with van der Waals surface area (Å²) in [6.07, 6.45) is -2.36. The van der Waals surface area contributed by atoms with Gasteiger partial charge < -0.3 is 14.3 Å². The van der Waals surface area contributed by atoms with Gasteiger partial charge in [-0.15, -0.1) is 5.10 Å². The van der Waals surface area contributed by atoms with Crippen molar-refractivity contribution in [3.63, 3.8) is 0 Å². The summed E-state index contributed by atoms with van der Waals surface area (Å²) in [4.78, 5) is 13.8. The van der Waals surface area contributed by atoms with Gasteiger partial charge in [-0.3, -0.25) is 0 Å². The van der Waals surface area contributed by atoms with Crippen molar-refractivity contribution in [1.82, 2.24) is 34.8 Å². The van der Waals surface area contributed by atoms with Crippen molar-refractivity contribution in [3.05, 3.63) is 77.3 Å². The summed E-state index contributed by atoms with van der Waals surface area (Å²) < 4.78 is 47.6. The number of aromatic amines is 1. The number of aromatic nitrogens is 7. The van der Waals surface area contributed by atoms with Gasteiger partial charge in [0.05, 0.1) is 23.2 Å². The summed E-state index contributed by atoms with van der Waals surface area (Å²) in [5, 5.41) is 12.7. The number of pyridine rings is 2. The lowest BCUT2D eigenvalue weighted by Crippen LogP contribution is -2.37. The highest BCUT2D eigenvalue weighted by Crippen LogP contribution is 2.38. The molecule has 12 heteroatoms. The fourth-order valence-electron chi connectivity index (χ4n) is 4.26. The number of hydrogen-bond donors (Lipinski definition) is 1. The van der Waals surface area contributed by atoms with E-state index < -0.39 is 17.9 Å². The third kappa shape index (κ3) is 3.29. The molecule has 0 saturated carbocycles. The van der Waals surface area contributed by atoms with Crippen LogP contribution in [-0.4, -0.2) is 41.3 Å². The second kappa shape index (κ2) is 7.40. The van der Waals surface area contributed by atoms with E-state index in [0.29, 0.717) is 35.6 Å². The molecule has 5 aromatic heterocycles. The molecule has 172 valence electrons. The Bertz CT molecular complexity index is 1500. The number of H-pyrrole nitrogens is 1. The Morgan fingerprint density at radius 1 is 1.12 bits per heavy atom. The predicted molar refractivity (Wildman–Crippen MR) is 114 cm³/mol. The third-order valence-electron chi connectivity index (χ3n) is 5.77. The van der Waals surface area contributed by atoms with Crippen LogP contribution in [0.4, 0.5) is 19.2 Å². The summed E-state index contributed by atoms with van der Waals surface area (Å²) >= 11 is 0. The molecule has 6 rings (SSSR count). The number of alkyl halides is 3. The molecule has 0 aromatic carbocycles. The van der Waals surface area contributed by atoms with Crippen molar-refractivity contribution in [2.75, 3.05) is 11.4 Å². The Labute approximate surface area is 190 Å². The lowest BCUT2D eigenvalue weighted by atomic mass is 10.0. The standard InChI is InChI=1S/C22H17F3N8O/c1-12-4-2-6-15(28-12)20-29-30-21(34-20)32-9-8-14-18(27-11-26-14)19(32)16-10-13-5-3-7-17(22(23,24)25)33(13)31-16/h2-7,10-11,19H,8-9H2,1H3,(H,26,27)/t19-/m0/s1. The Hall–Kier alpha value is -4.22. The lowest BCUT2D eigenvalue weighted by molar-refractivity contribution is -0.142. The monoisotopic (exact) mass is 466 g/mol. The molecule has 0 amide bonds. The molecule has 0 aliphatic carbocycles. The molecule has 6 heterocycles. The largest absolute Gasteiger partial charge is 0.433 e. The van der Waals surface area contributed by atoms with Crippen molar-refractivity contribution in [1.29, 1.82) is 0 Å². The van der Waals surface area contributed by atoms with E-state index in [2.05, 4.69) is 30.2 Å². The van der Waals surface area contributed by atoms with E-state index in [1.54, 1.807) is 24.5 Å². The molecule has 34 heavy (non-hydrogen) atoms. The minimum absolute atomic E-state index is 0.213. The van der Waals surface area contributed by atoms with Crippen LogP contribution in [0.5, 0.6) is 0 Å². The molecule has 0 radical (unpaired) electrons. The van der Waals surface area contributed by atoms with E-state index in [1.807, 2.05) is 24.0 Å². The van der Waals surface area contributed by atoms with E-state index >= 15 is 0 Å². The summed E-state index contributed by atoms with van der Waals surface area (Å²) in [5.41, 5.74) is 2.73. The fraction of sp³-hybridized carbons (Fsp3) is 0.227. The highest BCUT2D eigenvalue weighted by molar-refractivity contribution is 5.54. The first-order chi connectivity index (χ1) is 16.4. The van der Waals surface area contributed by atoms with Gasteiger partial charge in [0.2, 0.25) is 0 Å². The Morgan fingerprint density at radius 3 is 2.79 bits per heavy atom. The third-order valence-corrected chi connectivity index (χ3v) is 5.77. The van der Waals surface area contributed by atoms with E-state index in [-0.39, 0.29) is 11.9 Å². The minimum Gasteiger partial charge on any atom is -0.402 e. The Kier molecular flexibility index (Phi) is 4.44. The minimum atomic E-state index is -4.55. The number of fused-ring (bicyclic) bond motifs is 2. The first-order valence-corrected chi connectivity index (χ1v) is 10.5. The smallest absolute Gasteiger partial charge is 0.402 e. The van der Waals surface area contributed by atoms with Gasteiger partial charge in [-0.2, -0.15) is 18.3 Å². The first kappa shape index (κ1) is 20.4. The Balaban J connectivity index is 1.46. The molecule has 1 aliphatic rings.